The second kappa shape index (κ2) is 9.89. The van der Waals surface area contributed by atoms with Gasteiger partial charge in [-0.05, 0) is 11.6 Å². The molecule has 0 aliphatic carbocycles. The van der Waals surface area contributed by atoms with Gasteiger partial charge in [-0.3, -0.25) is 4.99 Å². The molecule has 6 nitrogen and oxygen atoms in total. The van der Waals surface area contributed by atoms with Crippen LogP contribution < -0.4 is 5.32 Å². The molecule has 0 aromatic heterocycles. The molecule has 0 spiro atoms. The average molecular weight is 406 g/mol. The summed E-state index contributed by atoms with van der Waals surface area (Å²) < 4.78 is 28.3. The predicted octanol–water partition coefficient (Wildman–Crippen LogP) is 1.52. The number of benzene rings is 1. The Bertz CT molecular complexity index is 620. The number of nitrogens with zero attached hydrogens (tertiary/aromatic N) is 2. The van der Waals surface area contributed by atoms with Crippen LogP contribution in [0, 0.1) is 0 Å². The molecule has 0 saturated heterocycles. The summed E-state index contributed by atoms with van der Waals surface area (Å²) in [5, 5.41) is 3.19. The highest BCUT2D eigenvalue weighted by Gasteiger charge is 2.08. The van der Waals surface area contributed by atoms with Crippen molar-refractivity contribution < 1.29 is 13.2 Å². The Kier molecular flexibility index (Phi) is 8.57. The average Bonchev–Trinajstić information content (AvgIpc) is 2.47. The number of hydrogen-bond acceptors (Lipinski definition) is 4. The van der Waals surface area contributed by atoms with Crippen LogP contribution in [0.5, 0.6) is 0 Å². The third kappa shape index (κ3) is 8.34. The molecule has 0 bridgehead atoms. The number of rotatable bonds is 8. The van der Waals surface area contributed by atoms with Crippen LogP contribution in [0.3, 0.4) is 0 Å². The van der Waals surface area contributed by atoms with Gasteiger partial charge in [-0.15, -0.1) is 0 Å². The van der Waals surface area contributed by atoms with Crippen molar-refractivity contribution in [3.8, 4) is 0 Å². The van der Waals surface area contributed by atoms with Crippen LogP contribution in [0.15, 0.2) is 33.7 Å². The molecule has 1 aromatic rings. The fourth-order valence-corrected chi connectivity index (χ4v) is 2.72. The molecule has 0 heterocycles. The van der Waals surface area contributed by atoms with Gasteiger partial charge in [-0.25, -0.2) is 8.42 Å². The van der Waals surface area contributed by atoms with Gasteiger partial charge >= 0.3 is 0 Å². The van der Waals surface area contributed by atoms with Crippen LogP contribution in [-0.4, -0.2) is 65.1 Å². The number of guanidine groups is 1. The SMILES string of the molecule is CN=C(NCCOCCS(C)(=O)=O)N(C)Cc1ccccc1Br. The molecule has 1 rings (SSSR count). The van der Waals surface area contributed by atoms with E-state index in [1.807, 2.05) is 30.1 Å². The van der Waals surface area contributed by atoms with Crippen LogP contribution in [0.1, 0.15) is 5.56 Å². The van der Waals surface area contributed by atoms with Gasteiger partial charge in [0, 0.05) is 37.9 Å². The first-order chi connectivity index (χ1) is 10.8. The van der Waals surface area contributed by atoms with Crippen LogP contribution in [0.25, 0.3) is 0 Å². The molecular weight excluding hydrogens is 382 g/mol. The number of hydrogen-bond donors (Lipinski definition) is 1. The molecule has 0 fully saturated rings. The summed E-state index contributed by atoms with van der Waals surface area (Å²) in [5.74, 6) is 0.802. The van der Waals surface area contributed by atoms with E-state index in [1.54, 1.807) is 7.05 Å². The summed E-state index contributed by atoms with van der Waals surface area (Å²) in [4.78, 5) is 6.25. The third-order valence-corrected chi connectivity index (χ3v) is 4.75. The lowest BCUT2D eigenvalue weighted by atomic mass is 10.2. The summed E-state index contributed by atoms with van der Waals surface area (Å²) in [7, 11) is 0.717. The van der Waals surface area contributed by atoms with Gasteiger partial charge in [0.15, 0.2) is 5.96 Å². The summed E-state index contributed by atoms with van der Waals surface area (Å²) in [6.07, 6.45) is 1.20. The molecule has 0 radical (unpaired) electrons. The minimum Gasteiger partial charge on any atom is -0.379 e. The molecule has 0 aliphatic heterocycles. The van der Waals surface area contributed by atoms with E-state index >= 15 is 0 Å². The molecule has 1 aromatic carbocycles. The number of halogens is 1. The lowest BCUT2D eigenvalue weighted by Crippen LogP contribution is -2.40. The van der Waals surface area contributed by atoms with Crippen molar-refractivity contribution in [1.82, 2.24) is 10.2 Å². The molecule has 0 saturated carbocycles. The Labute approximate surface area is 147 Å². The Balaban J connectivity index is 2.35. The maximum absolute atomic E-state index is 11.0. The van der Waals surface area contributed by atoms with Crippen LogP contribution in [-0.2, 0) is 21.1 Å². The minimum atomic E-state index is -2.97. The first-order valence-electron chi connectivity index (χ1n) is 7.24. The predicted molar refractivity (Wildman–Crippen MR) is 97.5 cm³/mol. The second-order valence-corrected chi connectivity index (χ2v) is 8.28. The number of aliphatic imine (C=N–C) groups is 1. The van der Waals surface area contributed by atoms with Crippen molar-refractivity contribution in [3.05, 3.63) is 34.3 Å². The molecule has 0 aliphatic rings. The Morgan fingerprint density at radius 1 is 1.35 bits per heavy atom. The number of ether oxygens (including phenoxy) is 1. The van der Waals surface area contributed by atoms with Gasteiger partial charge in [0.05, 0.1) is 19.0 Å². The van der Waals surface area contributed by atoms with E-state index in [1.165, 1.54) is 11.8 Å². The topological polar surface area (TPSA) is 71.0 Å². The standard InChI is InChI=1S/C15H24BrN3O3S/c1-17-15(18-8-9-22-10-11-23(3,20)21)19(2)12-13-6-4-5-7-14(13)16/h4-7H,8-12H2,1-3H3,(H,17,18). The minimum absolute atomic E-state index is 0.0453. The molecule has 0 atom stereocenters. The second-order valence-electron chi connectivity index (χ2n) is 5.16. The van der Waals surface area contributed by atoms with E-state index in [4.69, 9.17) is 4.74 Å². The van der Waals surface area contributed by atoms with Gasteiger partial charge < -0.3 is 15.0 Å². The van der Waals surface area contributed by atoms with E-state index < -0.39 is 9.84 Å². The molecule has 8 heteroatoms. The van der Waals surface area contributed by atoms with Gasteiger partial charge in [-0.2, -0.15) is 0 Å². The molecule has 1 N–H and O–H groups in total. The first kappa shape index (κ1) is 19.9. The van der Waals surface area contributed by atoms with Crippen molar-refractivity contribution in [2.24, 2.45) is 4.99 Å². The quantitative estimate of drug-likeness (QED) is 0.403. The maximum atomic E-state index is 11.0. The highest BCUT2D eigenvalue weighted by Crippen LogP contribution is 2.17. The van der Waals surface area contributed by atoms with Gasteiger partial charge in [0.25, 0.3) is 0 Å². The molecule has 130 valence electrons. The van der Waals surface area contributed by atoms with Crippen LogP contribution in [0.4, 0.5) is 0 Å². The van der Waals surface area contributed by atoms with E-state index in [0.717, 1.165) is 17.0 Å². The lowest BCUT2D eigenvalue weighted by Gasteiger charge is -2.22. The highest BCUT2D eigenvalue weighted by molar-refractivity contribution is 9.10. The summed E-state index contributed by atoms with van der Waals surface area (Å²) in [6, 6.07) is 8.05. The molecule has 0 amide bonds. The highest BCUT2D eigenvalue weighted by atomic mass is 79.9. The first-order valence-corrected chi connectivity index (χ1v) is 10.1. The van der Waals surface area contributed by atoms with E-state index in [9.17, 15) is 8.42 Å². The van der Waals surface area contributed by atoms with Crippen LogP contribution in [0.2, 0.25) is 0 Å². The number of nitrogens with one attached hydrogen (secondary N) is 1. The normalized spacial score (nSPS) is 12.3. The zero-order chi connectivity index (χ0) is 17.3. The monoisotopic (exact) mass is 405 g/mol. The van der Waals surface area contributed by atoms with Crippen molar-refractivity contribution in [2.75, 3.05) is 45.9 Å². The fourth-order valence-electron chi connectivity index (χ4n) is 1.89. The van der Waals surface area contributed by atoms with Crippen LogP contribution >= 0.6 is 15.9 Å². The Morgan fingerprint density at radius 3 is 2.65 bits per heavy atom. The van der Waals surface area contributed by atoms with Crippen molar-refractivity contribution in [3.63, 3.8) is 0 Å². The summed E-state index contributed by atoms with van der Waals surface area (Å²) in [5.41, 5.74) is 1.17. The summed E-state index contributed by atoms with van der Waals surface area (Å²) in [6.45, 7) is 1.93. The summed E-state index contributed by atoms with van der Waals surface area (Å²) >= 11 is 3.54. The van der Waals surface area contributed by atoms with Gasteiger partial charge in [0.2, 0.25) is 0 Å². The van der Waals surface area contributed by atoms with Gasteiger partial charge in [0.1, 0.15) is 9.84 Å². The van der Waals surface area contributed by atoms with E-state index in [2.05, 4.69) is 32.3 Å². The van der Waals surface area contributed by atoms with Crippen molar-refractivity contribution in [1.29, 1.82) is 0 Å². The molecular formula is C15H24BrN3O3S. The fraction of sp³-hybridized carbons (Fsp3) is 0.533. The maximum Gasteiger partial charge on any atom is 0.193 e. The third-order valence-electron chi connectivity index (χ3n) is 3.07. The molecule has 23 heavy (non-hydrogen) atoms. The zero-order valence-corrected chi connectivity index (χ0v) is 16.2. The van der Waals surface area contributed by atoms with E-state index in [0.29, 0.717) is 13.2 Å². The number of sulfone groups is 1. The van der Waals surface area contributed by atoms with Crippen molar-refractivity contribution >= 4 is 31.7 Å². The van der Waals surface area contributed by atoms with Crippen molar-refractivity contribution in [2.45, 2.75) is 6.54 Å². The lowest BCUT2D eigenvalue weighted by molar-refractivity contribution is 0.153. The Morgan fingerprint density at radius 2 is 2.04 bits per heavy atom. The smallest absolute Gasteiger partial charge is 0.193 e. The van der Waals surface area contributed by atoms with Gasteiger partial charge in [-0.1, -0.05) is 34.1 Å². The zero-order valence-electron chi connectivity index (χ0n) is 13.8. The molecule has 0 unspecified atom stereocenters. The van der Waals surface area contributed by atoms with E-state index in [-0.39, 0.29) is 12.4 Å². The Hall–Kier alpha value is -1.12. The largest absolute Gasteiger partial charge is 0.379 e.